The number of fused-ring (bicyclic) bond motifs is 1. The molecule has 4 nitrogen and oxygen atoms in total. The van der Waals surface area contributed by atoms with Gasteiger partial charge in [0.15, 0.2) is 11.3 Å². The molecule has 0 radical (unpaired) electrons. The predicted octanol–water partition coefficient (Wildman–Crippen LogP) is 3.88. The van der Waals surface area contributed by atoms with Crippen molar-refractivity contribution in [2.24, 2.45) is 5.92 Å². The lowest BCUT2D eigenvalue weighted by Crippen LogP contribution is -2.17. The molecule has 1 saturated heterocycles. The molecule has 1 aromatic heterocycles. The van der Waals surface area contributed by atoms with Crippen LogP contribution in [-0.2, 0) is 11.3 Å². The van der Waals surface area contributed by atoms with Gasteiger partial charge in [0, 0.05) is 28.6 Å². The van der Waals surface area contributed by atoms with Crippen LogP contribution in [0, 0.1) is 5.92 Å². The molecule has 5 heteroatoms. The number of rotatable bonds is 5. The van der Waals surface area contributed by atoms with Crippen molar-refractivity contribution >= 4 is 26.9 Å². The predicted molar refractivity (Wildman–Crippen MR) is 83.5 cm³/mol. The lowest BCUT2D eigenvalue weighted by molar-refractivity contribution is 0.0593. The fourth-order valence-electron chi connectivity index (χ4n) is 2.72. The molecular formula is C16H19BrO4. The maximum absolute atomic E-state index is 9.32. The molecule has 21 heavy (non-hydrogen) atoms. The van der Waals surface area contributed by atoms with Gasteiger partial charge in [-0.3, -0.25) is 0 Å². The van der Waals surface area contributed by atoms with Crippen molar-refractivity contribution in [2.75, 3.05) is 19.8 Å². The maximum atomic E-state index is 9.32. The maximum Gasteiger partial charge on any atom is 0.176 e. The summed E-state index contributed by atoms with van der Waals surface area (Å²) in [5, 5.41) is 10.2. The van der Waals surface area contributed by atoms with E-state index in [9.17, 15) is 5.11 Å². The topological polar surface area (TPSA) is 51.8 Å². The molecule has 2 heterocycles. The molecule has 0 unspecified atom stereocenters. The monoisotopic (exact) mass is 354 g/mol. The van der Waals surface area contributed by atoms with Gasteiger partial charge in [0.05, 0.1) is 19.5 Å². The first kappa shape index (κ1) is 14.9. The summed E-state index contributed by atoms with van der Waals surface area (Å²) in [5.74, 6) is 1.41. The van der Waals surface area contributed by atoms with Crippen LogP contribution in [-0.4, -0.2) is 24.9 Å². The third kappa shape index (κ3) is 3.42. The Morgan fingerprint density at radius 3 is 2.86 bits per heavy atom. The van der Waals surface area contributed by atoms with Gasteiger partial charge < -0.3 is 19.0 Å². The summed E-state index contributed by atoms with van der Waals surface area (Å²) >= 11 is 3.48. The van der Waals surface area contributed by atoms with Crippen LogP contribution in [0.1, 0.15) is 24.8 Å². The van der Waals surface area contributed by atoms with E-state index in [4.69, 9.17) is 13.9 Å². The highest BCUT2D eigenvalue weighted by Crippen LogP contribution is 2.34. The summed E-state index contributed by atoms with van der Waals surface area (Å²) < 4.78 is 17.7. The van der Waals surface area contributed by atoms with Crippen molar-refractivity contribution in [1.29, 1.82) is 0 Å². The highest BCUT2D eigenvalue weighted by molar-refractivity contribution is 9.10. The normalized spacial score (nSPS) is 16.5. The third-order valence-corrected chi connectivity index (χ3v) is 4.44. The quantitative estimate of drug-likeness (QED) is 0.884. The Balaban J connectivity index is 1.69. The van der Waals surface area contributed by atoms with Crippen molar-refractivity contribution in [1.82, 2.24) is 0 Å². The molecule has 0 spiro atoms. The van der Waals surface area contributed by atoms with E-state index in [1.54, 1.807) is 6.26 Å². The van der Waals surface area contributed by atoms with E-state index in [0.717, 1.165) is 53.6 Å². The standard InChI is InChI=1S/C16H19BrO4/c17-13-7-14-12(9-18)10-21-16(14)15(8-13)20-6-3-11-1-4-19-5-2-11/h7-8,10-11,18H,1-6,9H2. The molecule has 1 N–H and O–H groups in total. The number of furan rings is 1. The zero-order valence-corrected chi connectivity index (χ0v) is 13.4. The smallest absolute Gasteiger partial charge is 0.176 e. The van der Waals surface area contributed by atoms with Gasteiger partial charge in [-0.1, -0.05) is 15.9 Å². The molecule has 0 amide bonds. The minimum absolute atomic E-state index is 0.0367. The average molecular weight is 355 g/mol. The molecule has 0 atom stereocenters. The molecular weight excluding hydrogens is 336 g/mol. The van der Waals surface area contributed by atoms with Gasteiger partial charge >= 0.3 is 0 Å². The van der Waals surface area contributed by atoms with E-state index in [1.807, 2.05) is 12.1 Å². The Labute approximate surface area is 132 Å². The fraction of sp³-hybridized carbons (Fsp3) is 0.500. The van der Waals surface area contributed by atoms with Crippen LogP contribution in [0.4, 0.5) is 0 Å². The van der Waals surface area contributed by atoms with E-state index in [1.165, 1.54) is 0 Å². The summed E-state index contributed by atoms with van der Waals surface area (Å²) in [6, 6.07) is 3.85. The molecule has 0 saturated carbocycles. The second kappa shape index (κ2) is 6.81. The zero-order valence-electron chi connectivity index (χ0n) is 11.8. The molecule has 1 aliphatic heterocycles. The van der Waals surface area contributed by atoms with E-state index >= 15 is 0 Å². The first-order chi connectivity index (χ1) is 10.3. The molecule has 0 bridgehead atoms. The number of hydrogen-bond acceptors (Lipinski definition) is 4. The Kier molecular flexibility index (Phi) is 4.83. The van der Waals surface area contributed by atoms with Crippen LogP contribution in [0.15, 0.2) is 27.3 Å². The largest absolute Gasteiger partial charge is 0.490 e. The summed E-state index contributed by atoms with van der Waals surface area (Å²) in [6.45, 7) is 2.37. The van der Waals surface area contributed by atoms with E-state index in [-0.39, 0.29) is 6.61 Å². The van der Waals surface area contributed by atoms with Crippen LogP contribution in [0.3, 0.4) is 0 Å². The van der Waals surface area contributed by atoms with E-state index in [2.05, 4.69) is 15.9 Å². The van der Waals surface area contributed by atoms with E-state index in [0.29, 0.717) is 18.1 Å². The average Bonchev–Trinajstić information content (AvgIpc) is 2.91. The van der Waals surface area contributed by atoms with Crippen LogP contribution in [0.5, 0.6) is 5.75 Å². The summed E-state index contributed by atoms with van der Waals surface area (Å²) in [6.07, 6.45) is 4.85. The number of halogens is 1. The highest BCUT2D eigenvalue weighted by atomic mass is 79.9. The van der Waals surface area contributed by atoms with Gasteiger partial charge in [0.1, 0.15) is 0 Å². The van der Waals surface area contributed by atoms with Crippen LogP contribution >= 0.6 is 15.9 Å². The fourth-order valence-corrected chi connectivity index (χ4v) is 3.16. The first-order valence-corrected chi connectivity index (χ1v) is 8.08. The van der Waals surface area contributed by atoms with Gasteiger partial charge in [-0.15, -0.1) is 0 Å². The van der Waals surface area contributed by atoms with Crippen LogP contribution in [0.2, 0.25) is 0 Å². The lowest BCUT2D eigenvalue weighted by Gasteiger charge is -2.21. The minimum atomic E-state index is -0.0367. The number of aliphatic hydroxyl groups excluding tert-OH is 1. The van der Waals surface area contributed by atoms with Crippen LogP contribution in [0.25, 0.3) is 11.0 Å². The Morgan fingerprint density at radius 1 is 1.29 bits per heavy atom. The van der Waals surface area contributed by atoms with Crippen molar-refractivity contribution in [3.05, 3.63) is 28.4 Å². The van der Waals surface area contributed by atoms with Gasteiger partial charge in [-0.05, 0) is 37.3 Å². The number of benzene rings is 1. The second-order valence-electron chi connectivity index (χ2n) is 5.39. The first-order valence-electron chi connectivity index (χ1n) is 7.29. The third-order valence-electron chi connectivity index (χ3n) is 3.98. The SMILES string of the molecule is OCc1coc2c(OCCC3CCOCC3)cc(Br)cc12. The van der Waals surface area contributed by atoms with Gasteiger partial charge in [0.2, 0.25) is 0 Å². The Hall–Kier alpha value is -1.04. The van der Waals surface area contributed by atoms with Gasteiger partial charge in [0.25, 0.3) is 0 Å². The molecule has 1 aromatic carbocycles. The number of hydrogen-bond donors (Lipinski definition) is 1. The summed E-state index contributed by atoms with van der Waals surface area (Å²) in [4.78, 5) is 0. The molecule has 0 aliphatic carbocycles. The minimum Gasteiger partial charge on any atom is -0.490 e. The van der Waals surface area contributed by atoms with Gasteiger partial charge in [-0.25, -0.2) is 0 Å². The number of ether oxygens (including phenoxy) is 2. The second-order valence-corrected chi connectivity index (χ2v) is 6.31. The summed E-state index contributed by atoms with van der Waals surface area (Å²) in [5.41, 5.74) is 1.48. The van der Waals surface area contributed by atoms with Crippen molar-refractivity contribution in [2.45, 2.75) is 25.9 Å². The van der Waals surface area contributed by atoms with Crippen molar-refractivity contribution in [3.8, 4) is 5.75 Å². The van der Waals surface area contributed by atoms with E-state index < -0.39 is 0 Å². The molecule has 114 valence electrons. The van der Waals surface area contributed by atoms with Crippen molar-refractivity contribution in [3.63, 3.8) is 0 Å². The summed E-state index contributed by atoms with van der Waals surface area (Å²) in [7, 11) is 0. The molecule has 1 aliphatic rings. The Bertz CT molecular complexity index is 602. The Morgan fingerprint density at radius 2 is 2.10 bits per heavy atom. The molecule has 3 rings (SSSR count). The highest BCUT2D eigenvalue weighted by Gasteiger charge is 2.15. The van der Waals surface area contributed by atoms with Gasteiger partial charge in [-0.2, -0.15) is 0 Å². The molecule has 1 fully saturated rings. The van der Waals surface area contributed by atoms with Crippen molar-refractivity contribution < 1.29 is 19.0 Å². The molecule has 2 aromatic rings. The number of aliphatic hydroxyl groups is 1. The lowest BCUT2D eigenvalue weighted by atomic mass is 9.97. The zero-order chi connectivity index (χ0) is 14.7. The van der Waals surface area contributed by atoms with Crippen LogP contribution < -0.4 is 4.74 Å².